The SMILES string of the molecule is C#CC(C)(C)OC/C(C=C)=C/C=C. The van der Waals surface area contributed by atoms with Crippen molar-refractivity contribution < 1.29 is 4.74 Å². The van der Waals surface area contributed by atoms with Gasteiger partial charge in [-0.1, -0.05) is 37.3 Å². The van der Waals surface area contributed by atoms with Crippen molar-refractivity contribution in [2.75, 3.05) is 6.61 Å². The molecule has 1 heteroatoms. The molecule has 0 fully saturated rings. The normalized spacial score (nSPS) is 11.9. The molecule has 0 N–H and O–H groups in total. The van der Waals surface area contributed by atoms with Crippen molar-refractivity contribution in [2.24, 2.45) is 0 Å². The Bertz CT molecular complexity index is 251. The van der Waals surface area contributed by atoms with Crippen LogP contribution in [0.25, 0.3) is 0 Å². The second-order valence-corrected chi connectivity index (χ2v) is 3.12. The first-order valence-electron chi connectivity index (χ1n) is 4.11. The average Bonchev–Trinajstić information content (AvgIpc) is 2.12. The molecule has 0 saturated heterocycles. The number of allylic oxidation sites excluding steroid dienone is 2. The zero-order valence-electron chi connectivity index (χ0n) is 8.34. The van der Waals surface area contributed by atoms with Crippen LogP contribution in [0.5, 0.6) is 0 Å². The van der Waals surface area contributed by atoms with Crippen LogP contribution in [0.2, 0.25) is 0 Å². The molecule has 0 aromatic carbocycles. The van der Waals surface area contributed by atoms with E-state index in [1.165, 1.54) is 0 Å². The zero-order chi connectivity index (χ0) is 10.3. The fourth-order valence-corrected chi connectivity index (χ4v) is 0.632. The van der Waals surface area contributed by atoms with Crippen molar-refractivity contribution in [2.45, 2.75) is 19.4 Å². The fourth-order valence-electron chi connectivity index (χ4n) is 0.632. The molecule has 70 valence electrons. The minimum Gasteiger partial charge on any atom is -0.358 e. The van der Waals surface area contributed by atoms with Gasteiger partial charge in [-0.15, -0.1) is 6.42 Å². The topological polar surface area (TPSA) is 9.23 Å². The Morgan fingerprint density at radius 2 is 2.15 bits per heavy atom. The quantitative estimate of drug-likeness (QED) is 0.462. The molecule has 0 radical (unpaired) electrons. The summed E-state index contributed by atoms with van der Waals surface area (Å²) in [6, 6.07) is 0. The molecule has 0 amide bonds. The Kier molecular flexibility index (Phi) is 4.87. The van der Waals surface area contributed by atoms with E-state index >= 15 is 0 Å². The predicted molar refractivity (Wildman–Crippen MR) is 57.3 cm³/mol. The van der Waals surface area contributed by atoms with E-state index in [9.17, 15) is 0 Å². The smallest absolute Gasteiger partial charge is 0.123 e. The number of hydrogen-bond acceptors (Lipinski definition) is 1. The van der Waals surface area contributed by atoms with E-state index in [1.807, 2.05) is 19.9 Å². The van der Waals surface area contributed by atoms with E-state index in [0.717, 1.165) is 5.57 Å². The van der Waals surface area contributed by atoms with E-state index in [-0.39, 0.29) is 0 Å². The third-order valence-electron chi connectivity index (χ3n) is 1.54. The summed E-state index contributed by atoms with van der Waals surface area (Å²) in [5.74, 6) is 2.55. The standard InChI is InChI=1S/C12H16O/c1-6-9-11(7-2)10-13-12(4,5)8-3/h3,6-7,9H,1-2,10H2,4-5H3/b11-9+. The summed E-state index contributed by atoms with van der Waals surface area (Å²) in [6.45, 7) is 11.4. The van der Waals surface area contributed by atoms with Crippen LogP contribution in [0.4, 0.5) is 0 Å². The highest BCUT2D eigenvalue weighted by molar-refractivity contribution is 5.21. The summed E-state index contributed by atoms with van der Waals surface area (Å²) >= 11 is 0. The molecule has 0 aliphatic rings. The lowest BCUT2D eigenvalue weighted by atomic mass is 10.1. The molecule has 0 aliphatic carbocycles. The van der Waals surface area contributed by atoms with Crippen molar-refractivity contribution in [1.29, 1.82) is 0 Å². The van der Waals surface area contributed by atoms with Gasteiger partial charge in [0.2, 0.25) is 0 Å². The lowest BCUT2D eigenvalue weighted by molar-refractivity contribution is 0.0440. The van der Waals surface area contributed by atoms with E-state index in [0.29, 0.717) is 6.61 Å². The van der Waals surface area contributed by atoms with Gasteiger partial charge < -0.3 is 4.74 Å². The Labute approximate surface area is 80.8 Å². The highest BCUT2D eigenvalue weighted by atomic mass is 16.5. The van der Waals surface area contributed by atoms with Crippen LogP contribution in [0.1, 0.15) is 13.8 Å². The van der Waals surface area contributed by atoms with Crippen LogP contribution >= 0.6 is 0 Å². The number of terminal acetylenes is 1. The summed E-state index contributed by atoms with van der Waals surface area (Å²) in [6.07, 6.45) is 10.5. The maximum atomic E-state index is 5.46. The average molecular weight is 176 g/mol. The van der Waals surface area contributed by atoms with E-state index in [1.54, 1.807) is 12.2 Å². The summed E-state index contributed by atoms with van der Waals surface area (Å²) in [7, 11) is 0. The Morgan fingerprint density at radius 3 is 2.54 bits per heavy atom. The van der Waals surface area contributed by atoms with Gasteiger partial charge in [-0.3, -0.25) is 0 Å². The molecule has 0 aliphatic heterocycles. The Hall–Kier alpha value is -1.26. The minimum absolute atomic E-state index is 0.465. The molecule has 0 aromatic rings. The van der Waals surface area contributed by atoms with Crippen molar-refractivity contribution in [3.63, 3.8) is 0 Å². The van der Waals surface area contributed by atoms with Gasteiger partial charge in [-0.25, -0.2) is 0 Å². The summed E-state index contributed by atoms with van der Waals surface area (Å²) in [5.41, 5.74) is 0.446. The van der Waals surface area contributed by atoms with Gasteiger partial charge in [0.15, 0.2) is 0 Å². The molecule has 0 rings (SSSR count). The van der Waals surface area contributed by atoms with Crippen molar-refractivity contribution >= 4 is 0 Å². The van der Waals surface area contributed by atoms with Crippen LogP contribution in [-0.2, 0) is 4.74 Å². The highest BCUT2D eigenvalue weighted by Crippen LogP contribution is 2.09. The first-order valence-corrected chi connectivity index (χ1v) is 4.11. The van der Waals surface area contributed by atoms with Crippen LogP contribution in [0.3, 0.4) is 0 Å². The Morgan fingerprint density at radius 1 is 1.54 bits per heavy atom. The van der Waals surface area contributed by atoms with Crippen molar-refractivity contribution in [3.05, 3.63) is 37.0 Å². The number of ether oxygens (including phenoxy) is 1. The highest BCUT2D eigenvalue weighted by Gasteiger charge is 2.13. The van der Waals surface area contributed by atoms with Crippen LogP contribution in [0.15, 0.2) is 37.0 Å². The van der Waals surface area contributed by atoms with Gasteiger partial charge in [0.25, 0.3) is 0 Å². The minimum atomic E-state index is -0.525. The third-order valence-corrected chi connectivity index (χ3v) is 1.54. The molecular formula is C12H16O. The van der Waals surface area contributed by atoms with Gasteiger partial charge >= 0.3 is 0 Å². The maximum Gasteiger partial charge on any atom is 0.123 e. The van der Waals surface area contributed by atoms with Crippen LogP contribution in [-0.4, -0.2) is 12.2 Å². The van der Waals surface area contributed by atoms with Gasteiger partial charge in [-0.05, 0) is 19.4 Å². The van der Waals surface area contributed by atoms with Gasteiger partial charge in [0, 0.05) is 0 Å². The summed E-state index contributed by atoms with van der Waals surface area (Å²) in [4.78, 5) is 0. The second kappa shape index (κ2) is 5.40. The van der Waals surface area contributed by atoms with Crippen molar-refractivity contribution in [1.82, 2.24) is 0 Å². The van der Waals surface area contributed by atoms with Crippen LogP contribution < -0.4 is 0 Å². The molecule has 0 atom stereocenters. The Balaban J connectivity index is 4.16. The first-order chi connectivity index (χ1) is 6.05. The largest absolute Gasteiger partial charge is 0.358 e. The molecule has 0 saturated carbocycles. The number of rotatable bonds is 5. The second-order valence-electron chi connectivity index (χ2n) is 3.12. The molecule has 13 heavy (non-hydrogen) atoms. The zero-order valence-corrected chi connectivity index (χ0v) is 8.34. The van der Waals surface area contributed by atoms with E-state index < -0.39 is 5.60 Å². The lowest BCUT2D eigenvalue weighted by Crippen LogP contribution is -2.22. The summed E-state index contributed by atoms with van der Waals surface area (Å²) in [5, 5.41) is 0. The van der Waals surface area contributed by atoms with Gasteiger partial charge in [0.1, 0.15) is 5.60 Å². The maximum absolute atomic E-state index is 5.46. The van der Waals surface area contributed by atoms with E-state index in [2.05, 4.69) is 19.1 Å². The van der Waals surface area contributed by atoms with Crippen LogP contribution in [0, 0.1) is 12.3 Å². The molecule has 1 nitrogen and oxygen atoms in total. The van der Waals surface area contributed by atoms with Crippen molar-refractivity contribution in [3.8, 4) is 12.3 Å². The monoisotopic (exact) mass is 176 g/mol. The molecule has 0 heterocycles. The first kappa shape index (κ1) is 11.7. The van der Waals surface area contributed by atoms with Gasteiger partial charge in [0.05, 0.1) is 6.61 Å². The third kappa shape index (κ3) is 5.05. The number of hydrogen-bond donors (Lipinski definition) is 0. The molecule has 0 spiro atoms. The predicted octanol–water partition coefficient (Wildman–Crippen LogP) is 2.71. The fraction of sp³-hybridized carbons (Fsp3) is 0.333. The summed E-state index contributed by atoms with van der Waals surface area (Å²) < 4.78 is 5.46. The van der Waals surface area contributed by atoms with E-state index in [4.69, 9.17) is 11.2 Å². The molecule has 0 bridgehead atoms. The molecule has 0 aromatic heterocycles. The van der Waals surface area contributed by atoms with Gasteiger partial charge in [-0.2, -0.15) is 0 Å². The molecule has 0 unspecified atom stereocenters. The lowest BCUT2D eigenvalue weighted by Gasteiger charge is -2.18. The molecular weight excluding hydrogens is 160 g/mol.